The van der Waals surface area contributed by atoms with Crippen LogP contribution in [0, 0.1) is 6.92 Å². The average molecular weight is 384 g/mol. The minimum absolute atomic E-state index is 0.134. The van der Waals surface area contributed by atoms with Crippen LogP contribution < -0.4 is 10.0 Å². The van der Waals surface area contributed by atoms with Gasteiger partial charge in [-0.3, -0.25) is 9.80 Å². The topological polar surface area (TPSA) is 59.1 Å². The van der Waals surface area contributed by atoms with Crippen LogP contribution in [0.15, 0.2) is 54.6 Å². The minimum atomic E-state index is -0.688. The Labute approximate surface area is 166 Å². The molecule has 0 saturated carbocycles. The van der Waals surface area contributed by atoms with Gasteiger partial charge in [0.1, 0.15) is 12.1 Å². The van der Waals surface area contributed by atoms with E-state index in [0.29, 0.717) is 11.4 Å². The smallest absolute Gasteiger partial charge is 0.434 e. The lowest BCUT2D eigenvalue weighted by molar-refractivity contribution is -0.141. The number of carbonyl (C=O) groups excluding carboxylic acids is 2. The van der Waals surface area contributed by atoms with E-state index in [4.69, 9.17) is 9.47 Å². The number of anilines is 2. The Morgan fingerprint density at radius 1 is 0.929 bits per heavy atom. The molecule has 150 valence electrons. The molecule has 0 fully saturated rings. The number of rotatable bonds is 6. The summed E-state index contributed by atoms with van der Waals surface area (Å²) in [7, 11) is 0. The Kier molecular flexibility index (Phi) is 7.04. The van der Waals surface area contributed by atoms with Crippen molar-refractivity contribution in [1.82, 2.24) is 0 Å². The van der Waals surface area contributed by atoms with Gasteiger partial charge in [0, 0.05) is 0 Å². The molecule has 1 amide bonds. The molecule has 2 rings (SSSR count). The second-order valence-electron chi connectivity index (χ2n) is 7.33. The van der Waals surface area contributed by atoms with Crippen LogP contribution in [-0.4, -0.2) is 30.8 Å². The quantitative estimate of drug-likeness (QED) is 0.533. The number of nitrogens with zero attached hydrogens (tertiary/aromatic N) is 2. The van der Waals surface area contributed by atoms with Crippen molar-refractivity contribution in [2.45, 2.75) is 40.2 Å². The Bertz CT molecular complexity index is 782. The summed E-state index contributed by atoms with van der Waals surface area (Å²) in [5.74, 6) is -0.437. The molecule has 0 unspecified atom stereocenters. The molecule has 0 heterocycles. The molecule has 0 aliphatic heterocycles. The number of carbonyl (C=O) groups is 2. The summed E-state index contributed by atoms with van der Waals surface area (Å²) in [6.07, 6.45) is -0.580. The molecule has 0 atom stereocenters. The van der Waals surface area contributed by atoms with E-state index in [0.717, 1.165) is 5.56 Å². The maximum absolute atomic E-state index is 13.1. The maximum atomic E-state index is 13.1. The molecule has 2 aromatic carbocycles. The number of hydrogen-bond donors (Lipinski definition) is 0. The molecule has 0 bridgehead atoms. The monoisotopic (exact) mass is 384 g/mol. The minimum Gasteiger partial charge on any atom is -0.465 e. The Morgan fingerprint density at radius 2 is 1.54 bits per heavy atom. The van der Waals surface area contributed by atoms with Gasteiger partial charge < -0.3 is 9.47 Å². The number of aryl methyl sites for hydroxylation is 1. The highest BCUT2D eigenvalue weighted by Crippen LogP contribution is 2.25. The number of hydrogen-bond acceptors (Lipinski definition) is 5. The van der Waals surface area contributed by atoms with Crippen molar-refractivity contribution in [2.75, 3.05) is 23.2 Å². The van der Waals surface area contributed by atoms with E-state index in [1.54, 1.807) is 44.8 Å². The van der Waals surface area contributed by atoms with Crippen LogP contribution in [0.25, 0.3) is 0 Å². The van der Waals surface area contributed by atoms with Crippen molar-refractivity contribution in [3.63, 3.8) is 0 Å². The average Bonchev–Trinajstić information content (AvgIpc) is 2.61. The van der Waals surface area contributed by atoms with Crippen LogP contribution in [0.5, 0.6) is 0 Å². The first-order valence-electron chi connectivity index (χ1n) is 9.29. The largest absolute Gasteiger partial charge is 0.465 e. The number of esters is 1. The predicted molar refractivity (Wildman–Crippen MR) is 110 cm³/mol. The highest BCUT2D eigenvalue weighted by atomic mass is 16.6. The Morgan fingerprint density at radius 3 is 2.07 bits per heavy atom. The fourth-order valence-electron chi connectivity index (χ4n) is 2.54. The number of ether oxygens (including phenoxy) is 2. The van der Waals surface area contributed by atoms with E-state index < -0.39 is 17.7 Å². The molecular weight excluding hydrogens is 356 g/mol. The molecule has 0 N–H and O–H groups in total. The second kappa shape index (κ2) is 9.26. The summed E-state index contributed by atoms with van der Waals surface area (Å²) in [5.41, 5.74) is 1.64. The van der Waals surface area contributed by atoms with Crippen molar-refractivity contribution in [2.24, 2.45) is 0 Å². The van der Waals surface area contributed by atoms with E-state index in [1.807, 2.05) is 49.4 Å². The summed E-state index contributed by atoms with van der Waals surface area (Å²) in [5, 5.41) is 2.94. The summed E-state index contributed by atoms with van der Waals surface area (Å²) < 4.78 is 10.7. The third-order valence-electron chi connectivity index (χ3n) is 3.72. The van der Waals surface area contributed by atoms with Gasteiger partial charge in [-0.05, 0) is 58.9 Å². The number of benzene rings is 2. The lowest BCUT2D eigenvalue weighted by atomic mass is 10.2. The van der Waals surface area contributed by atoms with Crippen molar-refractivity contribution < 1.29 is 19.1 Å². The number of amides is 1. The van der Waals surface area contributed by atoms with E-state index in [1.165, 1.54) is 5.01 Å². The zero-order valence-electron chi connectivity index (χ0n) is 17.1. The molecule has 0 aliphatic rings. The predicted octanol–water partition coefficient (Wildman–Crippen LogP) is 4.72. The van der Waals surface area contributed by atoms with Gasteiger partial charge in [0.15, 0.2) is 0 Å². The molecule has 2 aromatic rings. The number of para-hydroxylation sites is 1. The molecule has 6 heteroatoms. The normalized spacial score (nSPS) is 10.9. The lowest BCUT2D eigenvalue weighted by Gasteiger charge is -2.36. The van der Waals surface area contributed by atoms with Gasteiger partial charge in [0.25, 0.3) is 0 Å². The Hall–Kier alpha value is -3.02. The van der Waals surface area contributed by atoms with Crippen LogP contribution in [0.3, 0.4) is 0 Å². The van der Waals surface area contributed by atoms with Crippen LogP contribution in [0.2, 0.25) is 0 Å². The molecule has 0 aliphatic carbocycles. The summed E-state index contributed by atoms with van der Waals surface area (Å²) >= 11 is 0. The molecule has 28 heavy (non-hydrogen) atoms. The van der Waals surface area contributed by atoms with Gasteiger partial charge in [-0.1, -0.05) is 35.9 Å². The number of hydrazine groups is 1. The third-order valence-corrected chi connectivity index (χ3v) is 3.72. The molecule has 0 spiro atoms. The van der Waals surface area contributed by atoms with E-state index in [-0.39, 0.29) is 13.2 Å². The summed E-state index contributed by atoms with van der Waals surface area (Å²) in [6.45, 7) is 9.25. The van der Waals surface area contributed by atoms with Gasteiger partial charge in [-0.25, -0.2) is 4.79 Å². The summed E-state index contributed by atoms with van der Waals surface area (Å²) in [6, 6.07) is 16.6. The fourth-order valence-corrected chi connectivity index (χ4v) is 2.54. The van der Waals surface area contributed by atoms with Crippen LogP contribution >= 0.6 is 0 Å². The molecule has 0 aromatic heterocycles. The first-order chi connectivity index (χ1) is 13.2. The van der Waals surface area contributed by atoms with Gasteiger partial charge in [0.05, 0.1) is 18.0 Å². The van der Waals surface area contributed by atoms with Crippen LogP contribution in [0.1, 0.15) is 33.3 Å². The highest BCUT2D eigenvalue weighted by Gasteiger charge is 2.30. The lowest BCUT2D eigenvalue weighted by Crippen LogP contribution is -2.51. The Balaban J connectivity index is 2.51. The third kappa shape index (κ3) is 6.01. The first kappa shape index (κ1) is 21.3. The molecule has 0 saturated heterocycles. The molecular formula is C22H28N2O4. The van der Waals surface area contributed by atoms with Crippen molar-refractivity contribution in [3.8, 4) is 0 Å². The summed E-state index contributed by atoms with van der Waals surface area (Å²) in [4.78, 5) is 25.4. The van der Waals surface area contributed by atoms with Crippen molar-refractivity contribution in [3.05, 3.63) is 60.2 Å². The highest BCUT2D eigenvalue weighted by molar-refractivity contribution is 5.93. The zero-order valence-corrected chi connectivity index (χ0v) is 17.1. The zero-order chi connectivity index (χ0) is 20.7. The van der Waals surface area contributed by atoms with Crippen LogP contribution in [-0.2, 0) is 14.3 Å². The van der Waals surface area contributed by atoms with E-state index >= 15 is 0 Å². The molecule has 0 radical (unpaired) electrons. The van der Waals surface area contributed by atoms with Gasteiger partial charge >= 0.3 is 12.1 Å². The second-order valence-corrected chi connectivity index (χ2v) is 7.33. The van der Waals surface area contributed by atoms with Crippen molar-refractivity contribution >= 4 is 23.4 Å². The molecule has 6 nitrogen and oxygen atoms in total. The van der Waals surface area contributed by atoms with Gasteiger partial charge in [-0.2, -0.15) is 5.01 Å². The fraction of sp³-hybridized carbons (Fsp3) is 0.364. The van der Waals surface area contributed by atoms with E-state index in [9.17, 15) is 9.59 Å². The first-order valence-corrected chi connectivity index (χ1v) is 9.29. The standard InChI is InChI=1S/C22H28N2O4/c1-6-27-20(25)16-23(18-14-12-17(2)13-15-18)24(19-10-8-7-9-11-19)21(26)28-22(3,4)5/h7-15H,6,16H2,1-5H3. The van der Waals surface area contributed by atoms with E-state index in [2.05, 4.69) is 0 Å². The van der Waals surface area contributed by atoms with Crippen molar-refractivity contribution in [1.29, 1.82) is 0 Å². The maximum Gasteiger partial charge on any atom is 0.434 e. The van der Waals surface area contributed by atoms with Gasteiger partial charge in [-0.15, -0.1) is 0 Å². The SMILES string of the molecule is CCOC(=O)CN(c1ccc(C)cc1)N(C(=O)OC(C)(C)C)c1ccccc1. The van der Waals surface area contributed by atoms with Gasteiger partial charge in [0.2, 0.25) is 0 Å². The van der Waals surface area contributed by atoms with Crippen LogP contribution in [0.4, 0.5) is 16.2 Å².